The normalized spacial score (nSPS) is 19.6. The van der Waals surface area contributed by atoms with Crippen LogP contribution in [0.5, 0.6) is 11.5 Å². The van der Waals surface area contributed by atoms with Gasteiger partial charge in [-0.15, -0.1) is 0 Å². The second-order valence-corrected chi connectivity index (χ2v) is 9.73. The van der Waals surface area contributed by atoms with E-state index < -0.39 is 5.82 Å². The number of benzene rings is 2. The van der Waals surface area contributed by atoms with Crippen LogP contribution in [0.4, 0.5) is 10.1 Å². The molecule has 2 aromatic heterocycles. The summed E-state index contributed by atoms with van der Waals surface area (Å²) in [6, 6.07) is 13.6. The molecule has 8 heteroatoms. The number of hydrogen-bond acceptors (Lipinski definition) is 6. The molecule has 4 aromatic rings. The molecule has 0 spiro atoms. The molecule has 1 aliphatic heterocycles. The number of para-hydroxylation sites is 1. The maximum Gasteiger partial charge on any atom is 0.195 e. The topological polar surface area (TPSA) is 96.5 Å². The van der Waals surface area contributed by atoms with E-state index in [1.54, 1.807) is 42.7 Å². The summed E-state index contributed by atoms with van der Waals surface area (Å²) in [7, 11) is 0. The molecule has 6 rings (SSSR count). The lowest BCUT2D eigenvalue weighted by atomic mass is 9.95. The summed E-state index contributed by atoms with van der Waals surface area (Å²) in [6.07, 6.45) is 6.94. The quantitative estimate of drug-likeness (QED) is 0.274. The fourth-order valence-electron chi connectivity index (χ4n) is 4.98. The number of H-pyrrole nitrogens is 1. The van der Waals surface area contributed by atoms with Gasteiger partial charge < -0.3 is 24.9 Å². The molecule has 0 bridgehead atoms. The molecule has 0 amide bonds. The van der Waals surface area contributed by atoms with Crippen LogP contribution in [0.2, 0.25) is 0 Å². The van der Waals surface area contributed by atoms with Crippen molar-refractivity contribution < 1.29 is 23.8 Å². The minimum atomic E-state index is -0.433. The maximum atomic E-state index is 14.1. The molecule has 2 aliphatic rings. The van der Waals surface area contributed by atoms with Gasteiger partial charge in [0.1, 0.15) is 11.4 Å². The van der Waals surface area contributed by atoms with Crippen LogP contribution < -0.4 is 10.1 Å². The van der Waals surface area contributed by atoms with Crippen molar-refractivity contribution in [2.75, 3.05) is 18.5 Å². The smallest absolute Gasteiger partial charge is 0.195 e. The standard InChI is InChI=1S/C29H28FN3O4/c30-24-3-1-2-4-26(24)37-19-9-10-21(22(13-19)17-5-6-17)28(35)23-14-32-29-27(23)25(11-12-31-29)33-18-7-8-20(15-34)36-16-18/h1-4,9-14,17-18,20,34H,5-8,15-16H2,(H2,31,32,33)/t18-,20+/m1/s1. The highest BCUT2D eigenvalue weighted by molar-refractivity contribution is 6.19. The summed E-state index contributed by atoms with van der Waals surface area (Å²) < 4.78 is 25.6. The second-order valence-electron chi connectivity index (χ2n) is 9.73. The molecule has 190 valence electrons. The molecule has 7 nitrogen and oxygen atoms in total. The SMILES string of the molecule is O=C(c1ccc(Oc2ccccc2F)cc1C1CC1)c1c[nH]c2nccc(N[C@@H]3CC[C@@H](CO)OC3)c12. The minimum Gasteiger partial charge on any atom is -0.454 e. The van der Waals surface area contributed by atoms with Crippen LogP contribution >= 0.6 is 0 Å². The second kappa shape index (κ2) is 9.95. The number of carbonyl (C=O) groups excluding carboxylic acids is 1. The van der Waals surface area contributed by atoms with Crippen LogP contribution in [0.1, 0.15) is 53.1 Å². The van der Waals surface area contributed by atoms with Crippen LogP contribution in [0, 0.1) is 5.82 Å². The number of aliphatic hydroxyl groups excluding tert-OH is 1. The largest absolute Gasteiger partial charge is 0.454 e. The molecular weight excluding hydrogens is 473 g/mol. The first kappa shape index (κ1) is 23.6. The highest BCUT2D eigenvalue weighted by Gasteiger charge is 2.30. The Kier molecular flexibility index (Phi) is 6.36. The highest BCUT2D eigenvalue weighted by Crippen LogP contribution is 2.44. The number of carbonyl (C=O) groups is 1. The van der Waals surface area contributed by atoms with E-state index in [1.807, 2.05) is 12.1 Å². The fourth-order valence-corrected chi connectivity index (χ4v) is 4.98. The van der Waals surface area contributed by atoms with Crippen molar-refractivity contribution in [3.05, 3.63) is 83.4 Å². The van der Waals surface area contributed by atoms with Gasteiger partial charge in [0, 0.05) is 29.7 Å². The molecule has 37 heavy (non-hydrogen) atoms. The fraction of sp³-hybridized carbons (Fsp3) is 0.310. The Balaban J connectivity index is 1.31. The average Bonchev–Trinajstić information content (AvgIpc) is 3.68. The van der Waals surface area contributed by atoms with Crippen molar-refractivity contribution in [2.45, 2.75) is 43.7 Å². The van der Waals surface area contributed by atoms with Gasteiger partial charge in [0.25, 0.3) is 0 Å². The van der Waals surface area contributed by atoms with Gasteiger partial charge in [-0.25, -0.2) is 9.37 Å². The predicted molar refractivity (Wildman–Crippen MR) is 138 cm³/mol. The first-order valence-electron chi connectivity index (χ1n) is 12.7. The number of ether oxygens (including phenoxy) is 2. The number of ketones is 1. The number of fused-ring (bicyclic) bond motifs is 1. The molecule has 1 saturated heterocycles. The molecular formula is C29H28FN3O4. The number of rotatable bonds is 8. The van der Waals surface area contributed by atoms with Crippen molar-refractivity contribution in [1.82, 2.24) is 9.97 Å². The van der Waals surface area contributed by atoms with E-state index in [2.05, 4.69) is 15.3 Å². The number of aliphatic hydroxyl groups is 1. The van der Waals surface area contributed by atoms with Gasteiger partial charge in [0.15, 0.2) is 17.3 Å². The molecule has 1 aliphatic carbocycles. The van der Waals surface area contributed by atoms with Crippen LogP contribution in [0.15, 0.2) is 60.9 Å². The molecule has 3 heterocycles. The Labute approximate surface area is 213 Å². The Hall–Kier alpha value is -3.75. The molecule has 2 atom stereocenters. The minimum absolute atomic E-state index is 0.0239. The van der Waals surface area contributed by atoms with E-state index in [-0.39, 0.29) is 36.2 Å². The highest BCUT2D eigenvalue weighted by atomic mass is 19.1. The zero-order valence-corrected chi connectivity index (χ0v) is 20.2. The van der Waals surface area contributed by atoms with Crippen LogP contribution in [0.25, 0.3) is 11.0 Å². The third kappa shape index (κ3) is 4.82. The van der Waals surface area contributed by atoms with Gasteiger partial charge in [-0.2, -0.15) is 0 Å². The molecule has 2 fully saturated rings. The molecule has 0 radical (unpaired) electrons. The van der Waals surface area contributed by atoms with Gasteiger partial charge in [0.05, 0.1) is 30.3 Å². The summed E-state index contributed by atoms with van der Waals surface area (Å²) >= 11 is 0. The summed E-state index contributed by atoms with van der Waals surface area (Å²) in [5, 5.41) is 13.6. The number of nitrogens with one attached hydrogen (secondary N) is 2. The van der Waals surface area contributed by atoms with Gasteiger partial charge in [-0.05, 0) is 73.6 Å². The monoisotopic (exact) mass is 501 g/mol. The van der Waals surface area contributed by atoms with Gasteiger partial charge in [-0.3, -0.25) is 4.79 Å². The third-order valence-electron chi connectivity index (χ3n) is 7.10. The van der Waals surface area contributed by atoms with Crippen LogP contribution in [0.3, 0.4) is 0 Å². The number of aromatic nitrogens is 2. The number of aromatic amines is 1. The number of anilines is 1. The summed E-state index contributed by atoms with van der Waals surface area (Å²) in [5.74, 6) is 0.408. The van der Waals surface area contributed by atoms with Crippen molar-refractivity contribution in [2.24, 2.45) is 0 Å². The number of pyridine rings is 1. The molecule has 1 saturated carbocycles. The maximum absolute atomic E-state index is 14.1. The Morgan fingerprint density at radius 2 is 2.00 bits per heavy atom. The van der Waals surface area contributed by atoms with E-state index in [1.165, 1.54) is 6.07 Å². The van der Waals surface area contributed by atoms with E-state index in [0.29, 0.717) is 29.1 Å². The average molecular weight is 502 g/mol. The Bertz CT molecular complexity index is 1440. The van der Waals surface area contributed by atoms with Crippen LogP contribution in [-0.2, 0) is 4.74 Å². The number of hydrogen-bond donors (Lipinski definition) is 3. The van der Waals surface area contributed by atoms with E-state index in [9.17, 15) is 14.3 Å². The Morgan fingerprint density at radius 3 is 2.76 bits per heavy atom. The van der Waals surface area contributed by atoms with Crippen LogP contribution in [-0.4, -0.2) is 46.2 Å². The van der Waals surface area contributed by atoms with E-state index in [4.69, 9.17) is 9.47 Å². The van der Waals surface area contributed by atoms with Gasteiger partial charge in [0.2, 0.25) is 0 Å². The zero-order valence-electron chi connectivity index (χ0n) is 20.2. The zero-order chi connectivity index (χ0) is 25.4. The van der Waals surface area contributed by atoms with Gasteiger partial charge in [-0.1, -0.05) is 12.1 Å². The van der Waals surface area contributed by atoms with E-state index >= 15 is 0 Å². The van der Waals surface area contributed by atoms with Gasteiger partial charge >= 0.3 is 0 Å². The third-order valence-corrected chi connectivity index (χ3v) is 7.10. The van der Waals surface area contributed by atoms with Crippen molar-refractivity contribution in [3.8, 4) is 11.5 Å². The molecule has 2 aromatic carbocycles. The molecule has 0 unspecified atom stereocenters. The lowest BCUT2D eigenvalue weighted by Crippen LogP contribution is -2.36. The van der Waals surface area contributed by atoms with E-state index in [0.717, 1.165) is 42.3 Å². The number of halogens is 1. The number of nitrogens with zero attached hydrogens (tertiary/aromatic N) is 1. The molecule has 3 N–H and O–H groups in total. The van der Waals surface area contributed by atoms with Crippen molar-refractivity contribution >= 4 is 22.5 Å². The Morgan fingerprint density at radius 1 is 1.14 bits per heavy atom. The summed E-state index contributed by atoms with van der Waals surface area (Å²) in [4.78, 5) is 21.5. The first-order chi connectivity index (χ1) is 18.1. The predicted octanol–water partition coefficient (Wildman–Crippen LogP) is 5.55. The lowest BCUT2D eigenvalue weighted by molar-refractivity contribution is -0.0223. The summed E-state index contributed by atoms with van der Waals surface area (Å²) in [5.41, 5.74) is 3.53. The van der Waals surface area contributed by atoms with Crippen molar-refractivity contribution in [1.29, 1.82) is 0 Å². The van der Waals surface area contributed by atoms with Crippen molar-refractivity contribution in [3.63, 3.8) is 0 Å². The lowest BCUT2D eigenvalue weighted by Gasteiger charge is -2.29. The first-order valence-corrected chi connectivity index (χ1v) is 12.7. The summed E-state index contributed by atoms with van der Waals surface area (Å²) in [6.45, 7) is 0.508.